The average molecular weight is 417 g/mol. The zero-order valence-electron chi connectivity index (χ0n) is 16.6. The van der Waals surface area contributed by atoms with E-state index >= 15 is 0 Å². The predicted molar refractivity (Wildman–Crippen MR) is 119 cm³/mol. The Morgan fingerprint density at radius 2 is 2.00 bits per heavy atom. The summed E-state index contributed by atoms with van der Waals surface area (Å²) >= 11 is 6.35. The third-order valence-corrected chi connectivity index (χ3v) is 5.13. The Kier molecular flexibility index (Phi) is 4.98. The SMILES string of the molecule is COc1ccc2nc(Cl)c(C=C(C#N)c3nc4c(C)cc(C)cc4c(=O)[nH]3)cc2c1. The van der Waals surface area contributed by atoms with E-state index < -0.39 is 0 Å². The number of nitrogens with one attached hydrogen (secondary N) is 1. The van der Waals surface area contributed by atoms with Gasteiger partial charge in [0.05, 0.1) is 29.1 Å². The molecule has 0 aliphatic carbocycles. The highest BCUT2D eigenvalue weighted by Crippen LogP contribution is 2.27. The Bertz CT molecular complexity index is 1450. The number of nitrogens with zero attached hydrogens (tertiary/aromatic N) is 3. The number of methoxy groups -OCH3 is 1. The van der Waals surface area contributed by atoms with Crippen LogP contribution in [0.2, 0.25) is 5.15 Å². The lowest BCUT2D eigenvalue weighted by Gasteiger charge is -2.07. The van der Waals surface area contributed by atoms with Crippen molar-refractivity contribution < 1.29 is 4.74 Å². The maximum absolute atomic E-state index is 12.6. The van der Waals surface area contributed by atoms with Gasteiger partial charge in [0.25, 0.3) is 5.56 Å². The summed E-state index contributed by atoms with van der Waals surface area (Å²) < 4.78 is 5.26. The summed E-state index contributed by atoms with van der Waals surface area (Å²) in [6.07, 6.45) is 1.57. The van der Waals surface area contributed by atoms with Gasteiger partial charge in [0.1, 0.15) is 17.0 Å². The molecule has 0 saturated carbocycles. The largest absolute Gasteiger partial charge is 0.497 e. The van der Waals surface area contributed by atoms with Crippen molar-refractivity contribution in [1.29, 1.82) is 5.26 Å². The van der Waals surface area contributed by atoms with Crippen LogP contribution in [0.1, 0.15) is 22.5 Å². The highest BCUT2D eigenvalue weighted by atomic mass is 35.5. The number of hydrogen-bond acceptors (Lipinski definition) is 5. The zero-order chi connectivity index (χ0) is 21.4. The average Bonchev–Trinajstić information content (AvgIpc) is 2.72. The molecule has 30 heavy (non-hydrogen) atoms. The van der Waals surface area contributed by atoms with Crippen LogP contribution in [0.4, 0.5) is 0 Å². The fraction of sp³-hybridized carbons (Fsp3) is 0.130. The summed E-state index contributed by atoms with van der Waals surface area (Å²) in [6, 6.07) is 13.1. The van der Waals surface area contributed by atoms with E-state index in [1.807, 2.05) is 38.1 Å². The Labute approximate surface area is 177 Å². The van der Waals surface area contributed by atoms with Gasteiger partial charge in [0.15, 0.2) is 5.82 Å². The van der Waals surface area contributed by atoms with E-state index in [-0.39, 0.29) is 22.1 Å². The van der Waals surface area contributed by atoms with Gasteiger partial charge in [-0.2, -0.15) is 5.26 Å². The van der Waals surface area contributed by atoms with Gasteiger partial charge in [-0.25, -0.2) is 9.97 Å². The van der Waals surface area contributed by atoms with Crippen LogP contribution in [0.5, 0.6) is 5.75 Å². The van der Waals surface area contributed by atoms with Crippen molar-refractivity contribution in [3.63, 3.8) is 0 Å². The molecule has 0 saturated heterocycles. The fourth-order valence-corrected chi connectivity index (χ4v) is 3.61. The lowest BCUT2D eigenvalue weighted by Crippen LogP contribution is -2.12. The number of nitriles is 1. The standard InChI is InChI=1S/C23H17ClN4O2/c1-12-6-13(2)20-18(7-12)23(29)28-22(27-20)16(11-25)9-15-8-14-10-17(30-3)4-5-19(14)26-21(15)24/h4-10H,1-3H3,(H,27,28,29). The Morgan fingerprint density at radius 3 is 2.73 bits per heavy atom. The molecule has 0 radical (unpaired) electrons. The molecule has 4 rings (SSSR count). The van der Waals surface area contributed by atoms with Gasteiger partial charge < -0.3 is 9.72 Å². The number of pyridine rings is 1. The van der Waals surface area contributed by atoms with Crippen LogP contribution < -0.4 is 10.3 Å². The Balaban J connectivity index is 1.90. The van der Waals surface area contributed by atoms with Crippen molar-refractivity contribution >= 4 is 45.1 Å². The van der Waals surface area contributed by atoms with Crippen LogP contribution in [0.15, 0.2) is 41.2 Å². The van der Waals surface area contributed by atoms with Crippen LogP contribution in [-0.2, 0) is 0 Å². The summed E-state index contributed by atoms with van der Waals surface area (Å²) in [7, 11) is 1.59. The molecule has 0 bridgehead atoms. The summed E-state index contributed by atoms with van der Waals surface area (Å²) in [6.45, 7) is 3.81. The zero-order valence-corrected chi connectivity index (χ0v) is 17.3. The highest BCUT2D eigenvalue weighted by molar-refractivity contribution is 6.31. The van der Waals surface area contributed by atoms with Crippen molar-refractivity contribution in [2.75, 3.05) is 7.11 Å². The summed E-state index contributed by atoms with van der Waals surface area (Å²) in [4.78, 5) is 24.2. The van der Waals surface area contributed by atoms with Crippen LogP contribution in [0.25, 0.3) is 33.5 Å². The molecule has 2 heterocycles. The van der Waals surface area contributed by atoms with Gasteiger partial charge in [-0.3, -0.25) is 4.79 Å². The number of hydrogen-bond donors (Lipinski definition) is 1. The molecule has 6 nitrogen and oxygen atoms in total. The minimum Gasteiger partial charge on any atom is -0.497 e. The molecule has 2 aromatic heterocycles. The normalized spacial score (nSPS) is 11.6. The smallest absolute Gasteiger partial charge is 0.259 e. The van der Waals surface area contributed by atoms with Crippen molar-refractivity contribution in [2.24, 2.45) is 0 Å². The second kappa shape index (κ2) is 7.62. The molecular weight excluding hydrogens is 400 g/mol. The second-order valence-corrected chi connectivity index (χ2v) is 7.35. The van der Waals surface area contributed by atoms with Crippen LogP contribution >= 0.6 is 11.6 Å². The Morgan fingerprint density at radius 1 is 1.20 bits per heavy atom. The van der Waals surface area contributed by atoms with Gasteiger partial charge in [-0.15, -0.1) is 0 Å². The molecule has 7 heteroatoms. The number of aryl methyl sites for hydroxylation is 2. The van der Waals surface area contributed by atoms with Crippen molar-refractivity contribution in [3.05, 3.63) is 74.4 Å². The first-order valence-corrected chi connectivity index (χ1v) is 9.55. The van der Waals surface area contributed by atoms with E-state index in [9.17, 15) is 10.1 Å². The van der Waals surface area contributed by atoms with Gasteiger partial charge in [0.2, 0.25) is 0 Å². The molecule has 0 aliphatic rings. The molecule has 0 atom stereocenters. The monoisotopic (exact) mass is 416 g/mol. The first kappa shape index (κ1) is 19.6. The molecule has 2 aromatic carbocycles. The van der Waals surface area contributed by atoms with Gasteiger partial charge in [-0.05, 0) is 61.4 Å². The molecule has 148 valence electrons. The maximum atomic E-state index is 12.6. The fourth-order valence-electron chi connectivity index (χ4n) is 3.41. The van der Waals surface area contributed by atoms with E-state index in [1.54, 1.807) is 25.3 Å². The van der Waals surface area contributed by atoms with Gasteiger partial charge in [0, 0.05) is 10.9 Å². The molecule has 0 unspecified atom stereocenters. The number of aromatic nitrogens is 3. The topological polar surface area (TPSA) is 91.7 Å². The quantitative estimate of drug-likeness (QED) is 0.382. The molecule has 4 aromatic rings. The van der Waals surface area contributed by atoms with E-state index in [1.165, 1.54) is 0 Å². The number of allylic oxidation sites excluding steroid dienone is 1. The van der Waals surface area contributed by atoms with Crippen LogP contribution in [-0.4, -0.2) is 22.1 Å². The van der Waals surface area contributed by atoms with Gasteiger partial charge in [-0.1, -0.05) is 17.7 Å². The molecule has 0 fully saturated rings. The minimum atomic E-state index is -0.296. The van der Waals surface area contributed by atoms with Crippen LogP contribution in [0, 0.1) is 25.2 Å². The minimum absolute atomic E-state index is 0.180. The summed E-state index contributed by atoms with van der Waals surface area (Å²) in [5.74, 6) is 0.872. The summed E-state index contributed by atoms with van der Waals surface area (Å²) in [5, 5.41) is 11.3. The highest BCUT2D eigenvalue weighted by Gasteiger charge is 2.12. The summed E-state index contributed by atoms with van der Waals surface area (Å²) in [5.41, 5.74) is 3.54. The van der Waals surface area contributed by atoms with Gasteiger partial charge >= 0.3 is 0 Å². The predicted octanol–water partition coefficient (Wildman–Crippen LogP) is 4.81. The van der Waals surface area contributed by atoms with Crippen molar-refractivity contribution in [3.8, 4) is 11.8 Å². The van der Waals surface area contributed by atoms with Crippen LogP contribution in [0.3, 0.4) is 0 Å². The molecule has 0 amide bonds. The second-order valence-electron chi connectivity index (χ2n) is 6.99. The van der Waals surface area contributed by atoms with E-state index in [0.717, 1.165) is 16.5 Å². The third-order valence-electron chi connectivity index (χ3n) is 4.82. The molecule has 0 spiro atoms. The number of H-pyrrole nitrogens is 1. The van der Waals surface area contributed by atoms with E-state index in [4.69, 9.17) is 16.3 Å². The number of fused-ring (bicyclic) bond motifs is 2. The number of aromatic amines is 1. The van der Waals surface area contributed by atoms with Crippen molar-refractivity contribution in [1.82, 2.24) is 15.0 Å². The van der Waals surface area contributed by atoms with Crippen molar-refractivity contribution in [2.45, 2.75) is 13.8 Å². The molecular formula is C23H17ClN4O2. The third kappa shape index (κ3) is 3.51. The Hall–Kier alpha value is -3.69. The first-order chi connectivity index (χ1) is 14.4. The molecule has 1 N–H and O–H groups in total. The molecule has 0 aliphatic heterocycles. The number of halogens is 1. The maximum Gasteiger partial charge on any atom is 0.259 e. The lowest BCUT2D eigenvalue weighted by molar-refractivity contribution is 0.415. The van der Waals surface area contributed by atoms with E-state index in [0.29, 0.717) is 27.7 Å². The number of benzene rings is 2. The number of ether oxygens (including phenoxy) is 1. The lowest BCUT2D eigenvalue weighted by atomic mass is 10.1. The first-order valence-electron chi connectivity index (χ1n) is 9.17. The number of rotatable bonds is 3. The van der Waals surface area contributed by atoms with E-state index in [2.05, 4.69) is 21.0 Å².